The number of β-amino-alcohol motifs (C(OH)–C–C–N with tert-alkyl or cyclic N) is 1. The lowest BCUT2D eigenvalue weighted by Gasteiger charge is -2.28. The Hall–Kier alpha value is -1.41. The molecule has 0 unspecified atom stereocenters. The summed E-state index contributed by atoms with van der Waals surface area (Å²) in [4.78, 5) is 12.5. The van der Waals surface area contributed by atoms with Crippen LogP contribution in [0.1, 0.15) is 5.56 Å². The standard InChI is InChI=1S/C14H20ClN3O4/c1-10-6-13(12(15)7-14(10)18(20)21)16-8-11(19)9-17-2-4-22-5-3-17/h6-7,11,16,19H,2-5,8-9H2,1H3/t11-/m0/s1. The van der Waals surface area contributed by atoms with Gasteiger partial charge in [-0.05, 0) is 13.0 Å². The highest BCUT2D eigenvalue weighted by atomic mass is 35.5. The highest BCUT2D eigenvalue weighted by Crippen LogP contribution is 2.30. The van der Waals surface area contributed by atoms with Crippen LogP contribution in [0.3, 0.4) is 0 Å². The topological polar surface area (TPSA) is 87.9 Å². The van der Waals surface area contributed by atoms with Crippen molar-refractivity contribution in [3.63, 3.8) is 0 Å². The Bertz CT molecular complexity index is 535. The summed E-state index contributed by atoms with van der Waals surface area (Å²) in [5.41, 5.74) is 1.11. The average Bonchev–Trinajstić information content (AvgIpc) is 2.48. The molecule has 1 saturated heterocycles. The summed E-state index contributed by atoms with van der Waals surface area (Å²) in [5.74, 6) is 0. The molecule has 1 atom stereocenters. The number of rotatable bonds is 6. The molecule has 2 N–H and O–H groups in total. The fourth-order valence-corrected chi connectivity index (χ4v) is 2.60. The van der Waals surface area contributed by atoms with Crippen LogP contribution in [0.5, 0.6) is 0 Å². The number of nitro groups is 1. The first-order chi connectivity index (χ1) is 10.5. The number of hydrogen-bond acceptors (Lipinski definition) is 6. The monoisotopic (exact) mass is 329 g/mol. The van der Waals surface area contributed by atoms with Crippen molar-refractivity contribution in [3.8, 4) is 0 Å². The Balaban J connectivity index is 1.90. The summed E-state index contributed by atoms with van der Waals surface area (Å²) in [6.45, 7) is 5.54. The summed E-state index contributed by atoms with van der Waals surface area (Å²) < 4.78 is 5.26. The van der Waals surface area contributed by atoms with Crippen LogP contribution in [0.15, 0.2) is 12.1 Å². The molecule has 1 aliphatic rings. The maximum Gasteiger partial charge on any atom is 0.273 e. The molecule has 0 radical (unpaired) electrons. The lowest BCUT2D eigenvalue weighted by atomic mass is 10.1. The van der Waals surface area contributed by atoms with E-state index in [4.69, 9.17) is 16.3 Å². The Morgan fingerprint density at radius 2 is 2.18 bits per heavy atom. The molecule has 0 amide bonds. The van der Waals surface area contributed by atoms with Crippen LogP contribution in [0.4, 0.5) is 11.4 Å². The molecular formula is C14H20ClN3O4. The largest absolute Gasteiger partial charge is 0.390 e. The van der Waals surface area contributed by atoms with Gasteiger partial charge in [0.15, 0.2) is 0 Å². The van der Waals surface area contributed by atoms with Gasteiger partial charge in [-0.2, -0.15) is 0 Å². The second-order valence-electron chi connectivity index (χ2n) is 5.32. The Morgan fingerprint density at radius 1 is 1.50 bits per heavy atom. The Kier molecular flexibility index (Phi) is 5.96. The van der Waals surface area contributed by atoms with Gasteiger partial charge in [0, 0.05) is 37.8 Å². The van der Waals surface area contributed by atoms with E-state index in [0.717, 1.165) is 13.1 Å². The van der Waals surface area contributed by atoms with Crippen molar-refractivity contribution in [1.29, 1.82) is 0 Å². The molecule has 1 aliphatic heterocycles. The number of nitrogens with one attached hydrogen (secondary N) is 1. The molecule has 122 valence electrons. The van der Waals surface area contributed by atoms with E-state index in [1.165, 1.54) is 6.07 Å². The van der Waals surface area contributed by atoms with E-state index in [1.54, 1.807) is 13.0 Å². The smallest absolute Gasteiger partial charge is 0.273 e. The minimum Gasteiger partial charge on any atom is -0.390 e. The number of halogens is 1. The van der Waals surface area contributed by atoms with Crippen molar-refractivity contribution in [2.24, 2.45) is 0 Å². The van der Waals surface area contributed by atoms with Gasteiger partial charge in [-0.15, -0.1) is 0 Å². The zero-order valence-corrected chi connectivity index (χ0v) is 13.2. The number of aliphatic hydroxyl groups excluding tert-OH is 1. The summed E-state index contributed by atoms with van der Waals surface area (Å²) in [6, 6.07) is 2.95. The van der Waals surface area contributed by atoms with Crippen molar-refractivity contribution in [2.75, 3.05) is 44.7 Å². The van der Waals surface area contributed by atoms with Gasteiger partial charge >= 0.3 is 0 Å². The molecule has 2 rings (SSSR count). The lowest BCUT2D eigenvalue weighted by Crippen LogP contribution is -2.42. The summed E-state index contributed by atoms with van der Waals surface area (Å²) in [5, 5.41) is 24.2. The second-order valence-corrected chi connectivity index (χ2v) is 5.73. The number of nitrogens with zero attached hydrogens (tertiary/aromatic N) is 2. The summed E-state index contributed by atoms with van der Waals surface area (Å²) in [6.07, 6.45) is -0.551. The van der Waals surface area contributed by atoms with E-state index in [9.17, 15) is 15.2 Å². The first-order valence-corrected chi connectivity index (χ1v) is 7.51. The van der Waals surface area contributed by atoms with Gasteiger partial charge in [0.05, 0.1) is 35.0 Å². The minimum atomic E-state index is -0.551. The number of anilines is 1. The van der Waals surface area contributed by atoms with Crippen molar-refractivity contribution in [2.45, 2.75) is 13.0 Å². The Morgan fingerprint density at radius 3 is 2.82 bits per heavy atom. The third kappa shape index (κ3) is 4.54. The zero-order chi connectivity index (χ0) is 16.1. The van der Waals surface area contributed by atoms with Crippen molar-refractivity contribution < 1.29 is 14.8 Å². The third-order valence-corrected chi connectivity index (χ3v) is 3.90. The average molecular weight is 330 g/mol. The maximum absolute atomic E-state index is 10.8. The molecule has 1 aromatic rings. The van der Waals surface area contributed by atoms with Crippen LogP contribution >= 0.6 is 11.6 Å². The van der Waals surface area contributed by atoms with E-state index < -0.39 is 11.0 Å². The normalized spacial score (nSPS) is 17.2. The fraction of sp³-hybridized carbons (Fsp3) is 0.571. The number of nitro benzene ring substituents is 1. The van der Waals surface area contributed by atoms with Crippen LogP contribution in [0.25, 0.3) is 0 Å². The zero-order valence-electron chi connectivity index (χ0n) is 12.4. The van der Waals surface area contributed by atoms with Gasteiger partial charge in [-0.3, -0.25) is 15.0 Å². The molecule has 0 aliphatic carbocycles. The molecule has 1 fully saturated rings. The van der Waals surface area contributed by atoms with Gasteiger partial charge < -0.3 is 15.2 Å². The summed E-state index contributed by atoms with van der Waals surface area (Å²) in [7, 11) is 0. The van der Waals surface area contributed by atoms with E-state index in [2.05, 4.69) is 10.2 Å². The van der Waals surface area contributed by atoms with E-state index >= 15 is 0 Å². The van der Waals surface area contributed by atoms with Crippen molar-refractivity contribution >= 4 is 23.0 Å². The van der Waals surface area contributed by atoms with E-state index in [0.29, 0.717) is 37.6 Å². The van der Waals surface area contributed by atoms with Crippen LogP contribution in [0, 0.1) is 17.0 Å². The van der Waals surface area contributed by atoms with Gasteiger partial charge in [0.1, 0.15) is 0 Å². The van der Waals surface area contributed by atoms with Crippen molar-refractivity contribution in [3.05, 3.63) is 32.8 Å². The third-order valence-electron chi connectivity index (χ3n) is 3.58. The predicted molar refractivity (Wildman–Crippen MR) is 84.6 cm³/mol. The van der Waals surface area contributed by atoms with Crippen LogP contribution in [0.2, 0.25) is 5.02 Å². The highest BCUT2D eigenvalue weighted by molar-refractivity contribution is 6.33. The quantitative estimate of drug-likeness (QED) is 0.609. The SMILES string of the molecule is Cc1cc(NC[C@H](O)CN2CCOCC2)c(Cl)cc1[N+](=O)[O-]. The number of ether oxygens (including phenoxy) is 1. The molecule has 7 nitrogen and oxygen atoms in total. The van der Waals surface area contributed by atoms with Crippen molar-refractivity contribution in [1.82, 2.24) is 4.90 Å². The highest BCUT2D eigenvalue weighted by Gasteiger charge is 2.17. The van der Waals surface area contributed by atoms with Gasteiger partial charge in [-0.25, -0.2) is 0 Å². The molecule has 1 heterocycles. The molecule has 1 aromatic carbocycles. The molecular weight excluding hydrogens is 310 g/mol. The second kappa shape index (κ2) is 7.73. The first kappa shape index (κ1) is 17.0. The van der Waals surface area contributed by atoms with Gasteiger partial charge in [0.2, 0.25) is 0 Å². The number of benzene rings is 1. The van der Waals surface area contributed by atoms with Gasteiger partial charge in [-0.1, -0.05) is 11.6 Å². The van der Waals surface area contributed by atoms with Gasteiger partial charge in [0.25, 0.3) is 5.69 Å². The van der Waals surface area contributed by atoms with Crippen LogP contribution in [-0.4, -0.2) is 60.4 Å². The molecule has 0 spiro atoms. The minimum absolute atomic E-state index is 0.00980. The number of aryl methyl sites for hydroxylation is 1. The predicted octanol–water partition coefficient (Wildman–Crippen LogP) is 1.66. The van der Waals surface area contributed by atoms with E-state index in [1.807, 2.05) is 0 Å². The Labute approximate surface area is 134 Å². The maximum atomic E-state index is 10.8. The van der Waals surface area contributed by atoms with Crippen LogP contribution < -0.4 is 5.32 Å². The van der Waals surface area contributed by atoms with Crippen LogP contribution in [-0.2, 0) is 4.74 Å². The molecule has 22 heavy (non-hydrogen) atoms. The lowest BCUT2D eigenvalue weighted by molar-refractivity contribution is -0.385. The molecule has 0 aromatic heterocycles. The number of aliphatic hydroxyl groups is 1. The molecule has 8 heteroatoms. The number of morpholine rings is 1. The number of hydrogen-bond donors (Lipinski definition) is 2. The summed E-state index contributed by atoms with van der Waals surface area (Å²) >= 11 is 6.05. The first-order valence-electron chi connectivity index (χ1n) is 7.14. The fourth-order valence-electron chi connectivity index (χ4n) is 2.38. The molecule has 0 saturated carbocycles. The van der Waals surface area contributed by atoms with E-state index in [-0.39, 0.29) is 10.7 Å². The molecule has 0 bridgehead atoms.